The zero-order chi connectivity index (χ0) is 15.2. The number of esters is 1. The Morgan fingerprint density at radius 1 is 1.20 bits per heavy atom. The van der Waals surface area contributed by atoms with Crippen LogP contribution in [0, 0.1) is 0 Å². The standard InChI is InChI=1S/C13H19O4PS2/c1-10(2)17-13(14)12(11-8-6-5-7-9-11)20-18(19,15-3)16-4/h5-10,12H,1-4H3/t12-/m0/s1. The molecule has 0 spiro atoms. The van der Waals surface area contributed by atoms with Gasteiger partial charge in [0.05, 0.1) is 6.10 Å². The lowest BCUT2D eigenvalue weighted by Gasteiger charge is -2.23. The summed E-state index contributed by atoms with van der Waals surface area (Å²) in [6.45, 7) is 3.63. The molecule has 0 unspecified atom stereocenters. The molecule has 0 saturated carbocycles. The third-order valence-corrected chi connectivity index (χ3v) is 8.15. The molecule has 4 nitrogen and oxygen atoms in total. The van der Waals surface area contributed by atoms with Gasteiger partial charge in [0.25, 0.3) is 0 Å². The molecular weight excluding hydrogens is 315 g/mol. The first-order valence-electron chi connectivity index (χ1n) is 6.07. The van der Waals surface area contributed by atoms with Crippen molar-refractivity contribution in [1.29, 1.82) is 0 Å². The van der Waals surface area contributed by atoms with Crippen LogP contribution in [0.2, 0.25) is 0 Å². The van der Waals surface area contributed by atoms with E-state index in [-0.39, 0.29) is 12.1 Å². The zero-order valence-corrected chi connectivity index (χ0v) is 14.5. The number of hydrogen-bond acceptors (Lipinski definition) is 6. The minimum absolute atomic E-state index is 0.183. The molecule has 112 valence electrons. The van der Waals surface area contributed by atoms with E-state index in [2.05, 4.69) is 0 Å². The molecule has 1 atom stereocenters. The summed E-state index contributed by atoms with van der Waals surface area (Å²) in [5.74, 6) is -0.334. The monoisotopic (exact) mass is 334 g/mol. The summed E-state index contributed by atoms with van der Waals surface area (Å²) < 4.78 is 15.8. The van der Waals surface area contributed by atoms with Crippen molar-refractivity contribution in [2.45, 2.75) is 25.2 Å². The van der Waals surface area contributed by atoms with Crippen LogP contribution in [0.1, 0.15) is 24.7 Å². The molecular formula is C13H19O4PS2. The van der Waals surface area contributed by atoms with Crippen LogP contribution in [-0.4, -0.2) is 26.3 Å². The zero-order valence-electron chi connectivity index (χ0n) is 11.9. The van der Waals surface area contributed by atoms with Crippen LogP contribution in [0.15, 0.2) is 30.3 Å². The highest BCUT2D eigenvalue weighted by atomic mass is 32.9. The average molecular weight is 334 g/mol. The molecule has 0 heterocycles. The predicted octanol–water partition coefficient (Wildman–Crippen LogP) is 3.93. The molecule has 0 N–H and O–H groups in total. The van der Waals surface area contributed by atoms with E-state index in [1.54, 1.807) is 0 Å². The first-order chi connectivity index (χ1) is 9.41. The highest BCUT2D eigenvalue weighted by molar-refractivity contribution is 8.68. The molecule has 0 aliphatic heterocycles. The maximum absolute atomic E-state index is 12.3. The van der Waals surface area contributed by atoms with Gasteiger partial charge in [-0.15, -0.1) is 0 Å². The van der Waals surface area contributed by atoms with E-state index in [9.17, 15) is 4.79 Å². The van der Waals surface area contributed by atoms with Gasteiger partial charge in [-0.3, -0.25) is 4.79 Å². The van der Waals surface area contributed by atoms with Crippen molar-refractivity contribution in [2.24, 2.45) is 0 Å². The molecule has 0 saturated heterocycles. The van der Waals surface area contributed by atoms with E-state index < -0.39 is 10.9 Å². The van der Waals surface area contributed by atoms with Crippen molar-refractivity contribution < 1.29 is 18.6 Å². The molecule has 1 aromatic rings. The van der Waals surface area contributed by atoms with Crippen LogP contribution in [0.5, 0.6) is 0 Å². The van der Waals surface area contributed by atoms with Gasteiger partial charge in [0.1, 0.15) is 5.25 Å². The van der Waals surface area contributed by atoms with Crippen molar-refractivity contribution in [1.82, 2.24) is 0 Å². The lowest BCUT2D eigenvalue weighted by atomic mass is 10.1. The summed E-state index contributed by atoms with van der Waals surface area (Å²) in [5, 5.41) is -0.552. The summed E-state index contributed by atoms with van der Waals surface area (Å²) in [7, 11) is 2.99. The summed E-state index contributed by atoms with van der Waals surface area (Å²) in [6.07, 6.45) is -0.183. The van der Waals surface area contributed by atoms with Gasteiger partial charge in [0.2, 0.25) is 5.69 Å². The molecule has 20 heavy (non-hydrogen) atoms. The van der Waals surface area contributed by atoms with Crippen LogP contribution >= 0.6 is 17.1 Å². The number of carbonyl (C=O) groups excluding carboxylic acids is 1. The van der Waals surface area contributed by atoms with E-state index in [4.69, 9.17) is 25.6 Å². The third kappa shape index (κ3) is 5.19. The summed E-state index contributed by atoms with van der Waals surface area (Å²) in [4.78, 5) is 12.3. The molecule has 0 aromatic heterocycles. The van der Waals surface area contributed by atoms with Gasteiger partial charge in [0, 0.05) is 14.2 Å². The van der Waals surface area contributed by atoms with Gasteiger partial charge in [-0.1, -0.05) is 41.7 Å². The van der Waals surface area contributed by atoms with Crippen molar-refractivity contribution >= 4 is 34.9 Å². The van der Waals surface area contributed by atoms with E-state index in [1.165, 1.54) is 25.6 Å². The van der Waals surface area contributed by atoms with E-state index in [0.717, 1.165) is 5.56 Å². The minimum atomic E-state index is -2.55. The fraction of sp³-hybridized carbons (Fsp3) is 0.462. The largest absolute Gasteiger partial charge is 0.462 e. The number of hydrogen-bond donors (Lipinski definition) is 0. The maximum Gasteiger partial charge on any atom is 0.324 e. The molecule has 1 aromatic carbocycles. The Kier molecular flexibility index (Phi) is 7.20. The molecule has 0 fully saturated rings. The van der Waals surface area contributed by atoms with Crippen LogP contribution in [0.4, 0.5) is 0 Å². The minimum Gasteiger partial charge on any atom is -0.462 e. The smallest absolute Gasteiger partial charge is 0.324 e. The van der Waals surface area contributed by atoms with Crippen LogP contribution in [0.25, 0.3) is 0 Å². The molecule has 0 amide bonds. The fourth-order valence-electron chi connectivity index (χ4n) is 1.45. The van der Waals surface area contributed by atoms with Gasteiger partial charge in [-0.25, -0.2) is 0 Å². The molecule has 1 rings (SSSR count). The molecule has 0 aliphatic rings. The average Bonchev–Trinajstić information content (AvgIpc) is 2.44. The second-order valence-electron chi connectivity index (χ2n) is 4.19. The van der Waals surface area contributed by atoms with E-state index >= 15 is 0 Å². The Hall–Kier alpha value is -0.390. The van der Waals surface area contributed by atoms with Crippen molar-refractivity contribution in [3.8, 4) is 0 Å². The SMILES string of the molecule is COP(=S)(OC)S[C@H](C(=O)OC(C)C)c1ccccc1. The second-order valence-corrected chi connectivity index (χ2v) is 10.7. The highest BCUT2D eigenvalue weighted by Gasteiger charge is 2.31. The van der Waals surface area contributed by atoms with Crippen molar-refractivity contribution in [2.75, 3.05) is 14.2 Å². The lowest BCUT2D eigenvalue weighted by Crippen LogP contribution is -2.17. The number of carbonyl (C=O) groups is 1. The third-order valence-electron chi connectivity index (χ3n) is 2.35. The predicted molar refractivity (Wildman–Crippen MR) is 86.3 cm³/mol. The van der Waals surface area contributed by atoms with Crippen LogP contribution < -0.4 is 0 Å². The topological polar surface area (TPSA) is 44.8 Å². The molecule has 7 heteroatoms. The molecule has 0 aliphatic carbocycles. The van der Waals surface area contributed by atoms with Gasteiger partial charge >= 0.3 is 5.97 Å². The van der Waals surface area contributed by atoms with E-state index in [1.807, 2.05) is 44.2 Å². The van der Waals surface area contributed by atoms with Crippen LogP contribution in [-0.2, 0) is 30.4 Å². The van der Waals surface area contributed by atoms with Crippen molar-refractivity contribution in [3.05, 3.63) is 35.9 Å². The lowest BCUT2D eigenvalue weighted by molar-refractivity contribution is -0.146. The van der Waals surface area contributed by atoms with Crippen molar-refractivity contribution in [3.63, 3.8) is 0 Å². The fourth-order valence-corrected chi connectivity index (χ4v) is 5.14. The highest BCUT2D eigenvalue weighted by Crippen LogP contribution is 2.65. The molecule has 0 radical (unpaired) electrons. The summed E-state index contributed by atoms with van der Waals surface area (Å²) in [5.41, 5.74) is -1.73. The first kappa shape index (κ1) is 17.7. The summed E-state index contributed by atoms with van der Waals surface area (Å²) in [6, 6.07) is 9.36. The Bertz CT molecular complexity index is 471. The second kappa shape index (κ2) is 8.15. The first-order valence-corrected chi connectivity index (χ1v) is 10.2. The van der Waals surface area contributed by atoms with Gasteiger partial charge in [-0.05, 0) is 31.2 Å². The van der Waals surface area contributed by atoms with Gasteiger partial charge < -0.3 is 13.8 Å². The Morgan fingerprint density at radius 2 is 1.75 bits per heavy atom. The maximum atomic E-state index is 12.3. The number of benzene rings is 1. The number of ether oxygens (including phenoxy) is 1. The van der Waals surface area contributed by atoms with E-state index in [0.29, 0.717) is 0 Å². The quantitative estimate of drug-likeness (QED) is 0.556. The summed E-state index contributed by atoms with van der Waals surface area (Å²) >= 11 is 6.54. The molecule has 0 bridgehead atoms. The number of rotatable bonds is 7. The van der Waals surface area contributed by atoms with Gasteiger partial charge in [0.15, 0.2) is 0 Å². The van der Waals surface area contributed by atoms with Crippen LogP contribution in [0.3, 0.4) is 0 Å². The Balaban J connectivity index is 3.02. The van der Waals surface area contributed by atoms with Gasteiger partial charge in [-0.2, -0.15) is 0 Å². The Labute approximate surface area is 129 Å². The Morgan fingerprint density at radius 3 is 2.20 bits per heavy atom. The normalized spacial score (nSPS) is 13.2.